The van der Waals surface area contributed by atoms with E-state index < -0.39 is 6.09 Å². The minimum absolute atomic E-state index is 0.411. The van der Waals surface area contributed by atoms with Crippen LogP contribution in [0.3, 0.4) is 0 Å². The van der Waals surface area contributed by atoms with E-state index in [2.05, 4.69) is 10.3 Å². The Balaban J connectivity index is 2.14. The average molecular weight is 283 g/mol. The molecule has 0 radical (unpaired) electrons. The fourth-order valence-corrected chi connectivity index (χ4v) is 2.38. The molecule has 0 fully saturated rings. The molecule has 0 aliphatic carbocycles. The van der Waals surface area contributed by atoms with Crippen molar-refractivity contribution in [3.05, 3.63) is 35.3 Å². The summed E-state index contributed by atoms with van der Waals surface area (Å²) in [5.41, 5.74) is 1.84. The third-order valence-electron chi connectivity index (χ3n) is 2.20. The third-order valence-corrected chi connectivity index (χ3v) is 3.42. The zero-order valence-corrected chi connectivity index (χ0v) is 11.2. The van der Waals surface area contributed by atoms with E-state index in [0.29, 0.717) is 11.6 Å². The van der Waals surface area contributed by atoms with Crippen LogP contribution in [0.25, 0.3) is 10.6 Å². The van der Waals surface area contributed by atoms with Crippen molar-refractivity contribution >= 4 is 29.0 Å². The van der Waals surface area contributed by atoms with Crippen molar-refractivity contribution < 1.29 is 9.53 Å². The molecular weight excluding hydrogens is 272 g/mol. The lowest BCUT2D eigenvalue weighted by Gasteiger charge is -2.03. The van der Waals surface area contributed by atoms with E-state index >= 15 is 0 Å². The highest BCUT2D eigenvalue weighted by Gasteiger charge is 2.05. The molecule has 6 heteroatoms. The first-order chi connectivity index (χ1) is 8.72. The van der Waals surface area contributed by atoms with Gasteiger partial charge in [0.1, 0.15) is 10.8 Å². The summed E-state index contributed by atoms with van der Waals surface area (Å²) in [7, 11) is 1.51. The number of carbonyl (C=O) groups is 1. The van der Waals surface area contributed by atoms with Gasteiger partial charge in [0.25, 0.3) is 0 Å². The third kappa shape index (κ3) is 3.00. The molecule has 0 unspecified atom stereocenters. The number of alkyl halides is 1. The number of ether oxygens (including phenoxy) is 1. The van der Waals surface area contributed by atoms with Gasteiger partial charge in [-0.05, 0) is 24.3 Å². The number of rotatable bonds is 3. The van der Waals surface area contributed by atoms with Crippen LogP contribution in [0, 0.1) is 0 Å². The lowest BCUT2D eigenvalue weighted by molar-refractivity contribution is 0.203. The number of hydrogen-bond donors (Lipinski definition) is 1. The SMILES string of the molecule is CNC(=O)Oc1ccc(-c2nc(CCl)cs2)cc1. The molecule has 1 heterocycles. The molecule has 94 valence electrons. The monoisotopic (exact) mass is 282 g/mol. The van der Waals surface area contributed by atoms with Gasteiger partial charge < -0.3 is 10.1 Å². The lowest BCUT2D eigenvalue weighted by Crippen LogP contribution is -2.21. The quantitative estimate of drug-likeness (QED) is 0.879. The van der Waals surface area contributed by atoms with Crippen LogP contribution < -0.4 is 10.1 Å². The van der Waals surface area contributed by atoms with Crippen LogP contribution in [-0.2, 0) is 5.88 Å². The van der Waals surface area contributed by atoms with Gasteiger partial charge in [-0.15, -0.1) is 22.9 Å². The molecule has 1 aromatic carbocycles. The fourth-order valence-electron chi connectivity index (χ4n) is 1.32. The highest BCUT2D eigenvalue weighted by Crippen LogP contribution is 2.26. The van der Waals surface area contributed by atoms with E-state index in [9.17, 15) is 4.79 Å². The molecule has 0 saturated heterocycles. The molecule has 1 amide bonds. The van der Waals surface area contributed by atoms with Gasteiger partial charge in [-0.2, -0.15) is 0 Å². The Morgan fingerprint density at radius 2 is 2.17 bits per heavy atom. The number of nitrogens with zero attached hydrogens (tertiary/aromatic N) is 1. The number of benzene rings is 1. The van der Waals surface area contributed by atoms with E-state index in [1.54, 1.807) is 12.1 Å². The van der Waals surface area contributed by atoms with Crippen molar-refractivity contribution in [2.24, 2.45) is 0 Å². The summed E-state index contributed by atoms with van der Waals surface area (Å²) in [6.45, 7) is 0. The zero-order valence-electron chi connectivity index (χ0n) is 9.64. The largest absolute Gasteiger partial charge is 0.412 e. The standard InChI is InChI=1S/C12H11ClN2O2S/c1-14-12(16)17-10-4-2-8(3-5-10)11-15-9(6-13)7-18-11/h2-5,7H,6H2,1H3,(H,14,16). The predicted molar refractivity (Wildman–Crippen MR) is 72.2 cm³/mol. The van der Waals surface area contributed by atoms with Gasteiger partial charge in [0.2, 0.25) is 0 Å². The summed E-state index contributed by atoms with van der Waals surface area (Å²) in [6.07, 6.45) is -0.485. The van der Waals surface area contributed by atoms with Gasteiger partial charge in [0.15, 0.2) is 0 Å². The Kier molecular flexibility index (Phi) is 4.17. The van der Waals surface area contributed by atoms with Gasteiger partial charge >= 0.3 is 6.09 Å². The van der Waals surface area contributed by atoms with Crippen molar-refractivity contribution in [3.8, 4) is 16.3 Å². The Hall–Kier alpha value is -1.59. The Morgan fingerprint density at radius 1 is 1.44 bits per heavy atom. The number of hydrogen-bond acceptors (Lipinski definition) is 4. The Morgan fingerprint density at radius 3 is 2.72 bits per heavy atom. The first kappa shape index (κ1) is 12.9. The zero-order chi connectivity index (χ0) is 13.0. The second-order valence-corrected chi connectivity index (χ2v) is 4.57. The number of halogens is 1. The van der Waals surface area contributed by atoms with Crippen molar-refractivity contribution in [2.75, 3.05) is 7.05 Å². The number of aromatic nitrogens is 1. The van der Waals surface area contributed by atoms with Gasteiger partial charge in [-0.3, -0.25) is 0 Å². The molecule has 0 atom stereocenters. The second kappa shape index (κ2) is 5.84. The average Bonchev–Trinajstić information content (AvgIpc) is 2.88. The summed E-state index contributed by atoms with van der Waals surface area (Å²) in [5.74, 6) is 0.904. The van der Waals surface area contributed by atoms with E-state index in [0.717, 1.165) is 16.3 Å². The van der Waals surface area contributed by atoms with Gasteiger partial charge in [0.05, 0.1) is 11.6 Å². The molecule has 0 saturated carbocycles. The van der Waals surface area contributed by atoms with Gasteiger partial charge in [-0.1, -0.05) is 0 Å². The number of nitrogens with one attached hydrogen (secondary N) is 1. The Labute approximate surface area is 114 Å². The van der Waals surface area contributed by atoms with Crippen LogP contribution in [0.4, 0.5) is 4.79 Å². The van der Waals surface area contributed by atoms with Crippen molar-refractivity contribution in [3.63, 3.8) is 0 Å². The second-order valence-electron chi connectivity index (χ2n) is 3.44. The summed E-state index contributed by atoms with van der Waals surface area (Å²) in [5, 5.41) is 5.21. The maximum absolute atomic E-state index is 11.0. The fraction of sp³-hybridized carbons (Fsp3) is 0.167. The van der Waals surface area contributed by atoms with E-state index in [1.807, 2.05) is 17.5 Å². The predicted octanol–water partition coefficient (Wildman–Crippen LogP) is 3.27. The summed E-state index contributed by atoms with van der Waals surface area (Å²) in [4.78, 5) is 15.4. The van der Waals surface area contributed by atoms with E-state index in [4.69, 9.17) is 16.3 Å². The molecule has 18 heavy (non-hydrogen) atoms. The normalized spacial score (nSPS) is 10.1. The summed E-state index contributed by atoms with van der Waals surface area (Å²) in [6, 6.07) is 7.17. The van der Waals surface area contributed by atoms with Gasteiger partial charge in [0, 0.05) is 18.0 Å². The lowest BCUT2D eigenvalue weighted by atomic mass is 10.2. The van der Waals surface area contributed by atoms with E-state index in [-0.39, 0.29) is 0 Å². The number of amides is 1. The first-order valence-electron chi connectivity index (χ1n) is 5.23. The molecule has 0 bridgehead atoms. The molecule has 1 aromatic heterocycles. The number of carbonyl (C=O) groups excluding carboxylic acids is 1. The van der Waals surface area contributed by atoms with Crippen molar-refractivity contribution in [2.45, 2.75) is 5.88 Å². The molecule has 2 aromatic rings. The molecule has 0 aliphatic rings. The molecule has 0 spiro atoms. The highest BCUT2D eigenvalue weighted by molar-refractivity contribution is 7.13. The van der Waals surface area contributed by atoms with Crippen LogP contribution in [0.15, 0.2) is 29.6 Å². The maximum atomic E-state index is 11.0. The van der Waals surface area contributed by atoms with Gasteiger partial charge in [-0.25, -0.2) is 9.78 Å². The van der Waals surface area contributed by atoms with Crippen LogP contribution >= 0.6 is 22.9 Å². The van der Waals surface area contributed by atoms with Crippen LogP contribution in [0.5, 0.6) is 5.75 Å². The maximum Gasteiger partial charge on any atom is 0.412 e. The number of thiazole rings is 1. The van der Waals surface area contributed by atoms with E-state index in [1.165, 1.54) is 18.4 Å². The molecule has 2 rings (SSSR count). The van der Waals surface area contributed by atoms with Crippen LogP contribution in [0.2, 0.25) is 0 Å². The summed E-state index contributed by atoms with van der Waals surface area (Å²) >= 11 is 7.24. The topological polar surface area (TPSA) is 51.2 Å². The molecular formula is C12H11ClN2O2S. The Bertz CT molecular complexity index is 539. The molecule has 0 aliphatic heterocycles. The molecule has 1 N–H and O–H groups in total. The minimum Gasteiger partial charge on any atom is -0.410 e. The van der Waals surface area contributed by atoms with Crippen LogP contribution in [0.1, 0.15) is 5.69 Å². The molecule has 4 nitrogen and oxygen atoms in total. The van der Waals surface area contributed by atoms with Crippen LogP contribution in [-0.4, -0.2) is 18.1 Å². The smallest absolute Gasteiger partial charge is 0.410 e. The summed E-state index contributed by atoms with van der Waals surface area (Å²) < 4.78 is 4.99. The minimum atomic E-state index is -0.485. The van der Waals surface area contributed by atoms with Crippen molar-refractivity contribution in [1.82, 2.24) is 10.3 Å². The van der Waals surface area contributed by atoms with Crippen molar-refractivity contribution in [1.29, 1.82) is 0 Å². The first-order valence-corrected chi connectivity index (χ1v) is 6.64. The highest BCUT2D eigenvalue weighted by atomic mass is 35.5.